The number of nitrogens with zero attached hydrogens (tertiary/aromatic N) is 1. The molecule has 0 aliphatic heterocycles. The maximum Gasteiger partial charge on any atom is 0.0462 e. The summed E-state index contributed by atoms with van der Waals surface area (Å²) in [6.07, 6.45) is 3.40. The Hall–Kier alpha value is -3.58. The lowest BCUT2D eigenvalue weighted by atomic mass is 9.98. The van der Waals surface area contributed by atoms with Crippen molar-refractivity contribution < 1.29 is 0 Å². The Bertz CT molecular complexity index is 1180. The van der Waals surface area contributed by atoms with Crippen LogP contribution in [0.25, 0.3) is 11.6 Å². The van der Waals surface area contributed by atoms with E-state index < -0.39 is 0 Å². The summed E-state index contributed by atoms with van der Waals surface area (Å²) in [6, 6.07) is 37.2. The third-order valence-electron chi connectivity index (χ3n) is 6.39. The molecule has 4 aromatic rings. The minimum absolute atomic E-state index is 0.575. The zero-order valence-corrected chi connectivity index (χ0v) is 20.1. The van der Waals surface area contributed by atoms with Crippen LogP contribution in [0.3, 0.4) is 0 Å². The molecule has 0 aromatic heterocycles. The van der Waals surface area contributed by atoms with Crippen molar-refractivity contribution in [2.75, 3.05) is 4.90 Å². The van der Waals surface area contributed by atoms with Crippen LogP contribution in [-0.2, 0) is 0 Å². The third kappa shape index (κ3) is 5.43. The second-order valence-corrected chi connectivity index (χ2v) is 8.86. The average molecular weight is 432 g/mol. The van der Waals surface area contributed by atoms with Crippen LogP contribution in [0.15, 0.2) is 103 Å². The summed E-state index contributed by atoms with van der Waals surface area (Å²) in [4.78, 5) is 2.33. The van der Waals surface area contributed by atoms with Gasteiger partial charge in [-0.05, 0) is 84.8 Å². The molecule has 166 valence electrons. The smallest absolute Gasteiger partial charge is 0.0462 e. The van der Waals surface area contributed by atoms with Crippen molar-refractivity contribution in [3.63, 3.8) is 0 Å². The Kier molecular flexibility index (Phi) is 7.10. The van der Waals surface area contributed by atoms with Crippen molar-refractivity contribution in [3.05, 3.63) is 125 Å². The molecule has 0 spiro atoms. The maximum atomic E-state index is 2.33. The molecule has 1 atom stereocenters. The Morgan fingerprint density at radius 1 is 0.727 bits per heavy atom. The largest absolute Gasteiger partial charge is 0.311 e. The summed E-state index contributed by atoms with van der Waals surface area (Å²) in [5.41, 5.74) is 9.88. The van der Waals surface area contributed by atoms with Gasteiger partial charge >= 0.3 is 0 Å². The van der Waals surface area contributed by atoms with E-state index in [1.54, 1.807) is 0 Å². The Morgan fingerprint density at radius 3 is 1.79 bits per heavy atom. The van der Waals surface area contributed by atoms with Crippen LogP contribution < -0.4 is 4.90 Å². The molecule has 0 N–H and O–H groups in total. The highest BCUT2D eigenvalue weighted by molar-refractivity contribution is 5.82. The van der Waals surface area contributed by atoms with Crippen LogP contribution >= 0.6 is 0 Å². The van der Waals surface area contributed by atoms with E-state index in [-0.39, 0.29) is 0 Å². The third-order valence-corrected chi connectivity index (χ3v) is 6.39. The average Bonchev–Trinajstić information content (AvgIpc) is 2.87. The standard InChI is InChI=1S/C32H33N/c1-5-25(3)29-15-21-32(22-16-29)33(30-17-11-24(2)12-18-30)31-19-13-27(14-20-31)23-26(4)28-9-7-6-8-10-28/h6-23,25H,5H2,1-4H3. The first-order valence-electron chi connectivity index (χ1n) is 11.9. The van der Waals surface area contributed by atoms with Crippen LogP contribution in [-0.4, -0.2) is 0 Å². The SMILES string of the molecule is CCC(C)c1ccc(N(c2ccc(C)cc2)c2ccc(C=C(C)c3ccccc3)cc2)cc1. The minimum Gasteiger partial charge on any atom is -0.311 e. The number of anilines is 3. The number of rotatable bonds is 7. The fourth-order valence-electron chi connectivity index (χ4n) is 4.08. The first-order valence-corrected chi connectivity index (χ1v) is 11.9. The molecule has 4 rings (SSSR count). The predicted octanol–water partition coefficient (Wildman–Crippen LogP) is 9.54. The van der Waals surface area contributed by atoms with Gasteiger partial charge in [0.2, 0.25) is 0 Å². The van der Waals surface area contributed by atoms with Gasteiger partial charge in [0.05, 0.1) is 0 Å². The zero-order valence-electron chi connectivity index (χ0n) is 20.1. The highest BCUT2D eigenvalue weighted by Crippen LogP contribution is 2.36. The van der Waals surface area contributed by atoms with E-state index in [0.717, 1.165) is 12.1 Å². The predicted molar refractivity (Wildman–Crippen MR) is 145 cm³/mol. The van der Waals surface area contributed by atoms with Gasteiger partial charge in [-0.2, -0.15) is 0 Å². The molecule has 0 fully saturated rings. The molecule has 4 aromatic carbocycles. The molecule has 0 saturated carbocycles. The van der Waals surface area contributed by atoms with Gasteiger partial charge in [0, 0.05) is 17.1 Å². The van der Waals surface area contributed by atoms with Crippen molar-refractivity contribution in [3.8, 4) is 0 Å². The van der Waals surface area contributed by atoms with E-state index in [0.29, 0.717) is 5.92 Å². The molecule has 1 heteroatoms. The highest BCUT2D eigenvalue weighted by atomic mass is 15.1. The van der Waals surface area contributed by atoms with Crippen LogP contribution in [0.1, 0.15) is 55.4 Å². The molecule has 0 heterocycles. The number of hydrogen-bond donors (Lipinski definition) is 0. The Labute approximate surface area is 199 Å². The van der Waals surface area contributed by atoms with Gasteiger partial charge < -0.3 is 4.90 Å². The second kappa shape index (κ2) is 10.4. The van der Waals surface area contributed by atoms with Gasteiger partial charge in [-0.1, -0.05) is 92.2 Å². The molecule has 0 aliphatic rings. The summed E-state index contributed by atoms with van der Waals surface area (Å²) < 4.78 is 0. The molecule has 33 heavy (non-hydrogen) atoms. The van der Waals surface area contributed by atoms with Gasteiger partial charge in [0.25, 0.3) is 0 Å². The van der Waals surface area contributed by atoms with E-state index in [1.165, 1.54) is 39.2 Å². The molecule has 0 aliphatic carbocycles. The van der Waals surface area contributed by atoms with Gasteiger partial charge in [0.1, 0.15) is 0 Å². The molecule has 0 saturated heterocycles. The summed E-state index contributed by atoms with van der Waals surface area (Å²) in [5, 5.41) is 0. The monoisotopic (exact) mass is 431 g/mol. The van der Waals surface area contributed by atoms with Crippen molar-refractivity contribution in [2.24, 2.45) is 0 Å². The highest BCUT2D eigenvalue weighted by Gasteiger charge is 2.13. The van der Waals surface area contributed by atoms with Crippen LogP contribution in [0.4, 0.5) is 17.1 Å². The quantitative estimate of drug-likeness (QED) is 0.263. The number of aryl methyl sites for hydroxylation is 1. The molecular weight excluding hydrogens is 398 g/mol. The van der Waals surface area contributed by atoms with E-state index >= 15 is 0 Å². The van der Waals surface area contributed by atoms with Crippen molar-refractivity contribution in [2.45, 2.75) is 40.0 Å². The fraction of sp³-hybridized carbons (Fsp3) is 0.188. The number of benzene rings is 4. The maximum absolute atomic E-state index is 2.33. The topological polar surface area (TPSA) is 3.24 Å². The van der Waals surface area contributed by atoms with Gasteiger partial charge in [0.15, 0.2) is 0 Å². The lowest BCUT2D eigenvalue weighted by Crippen LogP contribution is -2.10. The van der Waals surface area contributed by atoms with E-state index in [2.05, 4.69) is 142 Å². The molecule has 0 bridgehead atoms. The van der Waals surface area contributed by atoms with Crippen LogP contribution in [0.2, 0.25) is 0 Å². The van der Waals surface area contributed by atoms with Crippen molar-refractivity contribution in [1.29, 1.82) is 0 Å². The van der Waals surface area contributed by atoms with Crippen LogP contribution in [0, 0.1) is 6.92 Å². The van der Waals surface area contributed by atoms with Gasteiger partial charge in [-0.15, -0.1) is 0 Å². The lowest BCUT2D eigenvalue weighted by Gasteiger charge is -2.26. The molecule has 1 nitrogen and oxygen atoms in total. The first-order chi connectivity index (χ1) is 16.0. The second-order valence-electron chi connectivity index (χ2n) is 8.86. The van der Waals surface area contributed by atoms with Crippen LogP contribution in [0.5, 0.6) is 0 Å². The van der Waals surface area contributed by atoms with Gasteiger partial charge in [-0.25, -0.2) is 0 Å². The number of allylic oxidation sites excluding steroid dienone is 1. The fourth-order valence-corrected chi connectivity index (χ4v) is 4.08. The van der Waals surface area contributed by atoms with E-state index in [4.69, 9.17) is 0 Å². The van der Waals surface area contributed by atoms with Gasteiger partial charge in [-0.3, -0.25) is 0 Å². The summed E-state index contributed by atoms with van der Waals surface area (Å²) in [5.74, 6) is 0.575. The summed E-state index contributed by atoms with van der Waals surface area (Å²) >= 11 is 0. The molecular formula is C32H33N. The molecule has 0 radical (unpaired) electrons. The summed E-state index contributed by atoms with van der Waals surface area (Å²) in [6.45, 7) is 8.83. The molecule has 1 unspecified atom stereocenters. The Balaban J connectivity index is 1.68. The normalized spacial score (nSPS) is 12.4. The van der Waals surface area contributed by atoms with Crippen molar-refractivity contribution >= 4 is 28.7 Å². The Morgan fingerprint density at radius 2 is 1.24 bits per heavy atom. The van der Waals surface area contributed by atoms with E-state index in [9.17, 15) is 0 Å². The van der Waals surface area contributed by atoms with E-state index in [1.807, 2.05) is 0 Å². The first kappa shape index (κ1) is 22.6. The molecule has 0 amide bonds. The van der Waals surface area contributed by atoms with Crippen molar-refractivity contribution in [1.82, 2.24) is 0 Å². The zero-order chi connectivity index (χ0) is 23.2. The summed E-state index contributed by atoms with van der Waals surface area (Å²) in [7, 11) is 0. The lowest BCUT2D eigenvalue weighted by molar-refractivity contribution is 0.733. The minimum atomic E-state index is 0.575. The number of hydrogen-bond acceptors (Lipinski definition) is 1.